The molecule has 3 nitrogen and oxygen atoms in total. The molecule has 2 aliphatic heterocycles. The van der Waals surface area contributed by atoms with Crippen LogP contribution in [0, 0.1) is 0 Å². The summed E-state index contributed by atoms with van der Waals surface area (Å²) < 4.78 is 38.8. The Morgan fingerprint density at radius 2 is 1.92 bits per heavy atom. The number of allylic oxidation sites excluding steroid dienone is 1. The second-order valence-corrected chi connectivity index (χ2v) is 7.32. The predicted octanol–water partition coefficient (Wildman–Crippen LogP) is 4.62. The van der Waals surface area contributed by atoms with E-state index < -0.39 is 22.5 Å². The summed E-state index contributed by atoms with van der Waals surface area (Å²) in [5.74, 6) is -0.445. The van der Waals surface area contributed by atoms with Gasteiger partial charge in [-0.15, -0.1) is 0 Å². The molecule has 0 radical (unpaired) electrons. The zero-order valence-corrected chi connectivity index (χ0v) is 15.2. The summed E-state index contributed by atoms with van der Waals surface area (Å²) in [6.07, 6.45) is 3.14. The van der Waals surface area contributed by atoms with E-state index in [0.717, 1.165) is 51.2 Å². The third-order valence-electron chi connectivity index (χ3n) is 5.06. The fourth-order valence-electron chi connectivity index (χ4n) is 3.67. The summed E-state index contributed by atoms with van der Waals surface area (Å²) in [7, 11) is 0. The first kappa shape index (κ1) is 19.2. The Morgan fingerprint density at radius 1 is 1.19 bits per heavy atom. The van der Waals surface area contributed by atoms with Crippen molar-refractivity contribution in [3.8, 4) is 0 Å². The van der Waals surface area contributed by atoms with Crippen molar-refractivity contribution < 1.29 is 18.0 Å². The minimum atomic E-state index is -4.58. The SMILES string of the molecule is O=C(C=CN1CCC[C@H]1CN1CCCC1)c1ccc(Cl)c(C(F)(F)F)c1. The lowest BCUT2D eigenvalue weighted by Gasteiger charge is -2.27. The number of halogens is 4. The molecule has 0 unspecified atom stereocenters. The Morgan fingerprint density at radius 3 is 2.62 bits per heavy atom. The lowest BCUT2D eigenvalue weighted by Crippen LogP contribution is -2.36. The number of hydrogen-bond acceptors (Lipinski definition) is 3. The maximum absolute atomic E-state index is 12.9. The quantitative estimate of drug-likeness (QED) is 0.545. The number of nitrogens with zero attached hydrogens (tertiary/aromatic N) is 2. The van der Waals surface area contributed by atoms with Crippen LogP contribution < -0.4 is 0 Å². The molecule has 142 valence electrons. The number of rotatable bonds is 5. The van der Waals surface area contributed by atoms with Gasteiger partial charge in [0.05, 0.1) is 10.6 Å². The maximum Gasteiger partial charge on any atom is 0.417 e. The summed E-state index contributed by atoms with van der Waals surface area (Å²) in [5, 5.41) is -0.400. The van der Waals surface area contributed by atoms with Crippen molar-refractivity contribution in [1.29, 1.82) is 0 Å². The minimum Gasteiger partial charge on any atom is -0.373 e. The molecule has 0 saturated carbocycles. The molecule has 0 amide bonds. The molecule has 1 atom stereocenters. The second-order valence-electron chi connectivity index (χ2n) is 6.91. The number of ketones is 1. The topological polar surface area (TPSA) is 23.6 Å². The van der Waals surface area contributed by atoms with Crippen LogP contribution in [0.1, 0.15) is 41.6 Å². The molecule has 0 spiro atoms. The van der Waals surface area contributed by atoms with Gasteiger partial charge >= 0.3 is 6.18 Å². The summed E-state index contributed by atoms with van der Waals surface area (Å²) >= 11 is 5.60. The van der Waals surface area contributed by atoms with Crippen molar-refractivity contribution in [2.75, 3.05) is 26.2 Å². The second kappa shape index (κ2) is 8.01. The van der Waals surface area contributed by atoms with Crippen LogP contribution in [0.2, 0.25) is 5.02 Å². The van der Waals surface area contributed by atoms with E-state index in [1.165, 1.54) is 25.0 Å². The Labute approximate surface area is 156 Å². The smallest absolute Gasteiger partial charge is 0.373 e. The van der Waals surface area contributed by atoms with E-state index in [1.807, 2.05) is 0 Å². The van der Waals surface area contributed by atoms with Gasteiger partial charge in [-0.25, -0.2) is 0 Å². The first-order valence-electron chi connectivity index (χ1n) is 8.92. The molecule has 0 aromatic heterocycles. The van der Waals surface area contributed by atoms with Crippen LogP contribution in [0.25, 0.3) is 0 Å². The summed E-state index contributed by atoms with van der Waals surface area (Å²) in [5.41, 5.74) is -0.986. The molecule has 2 heterocycles. The van der Waals surface area contributed by atoms with E-state index in [0.29, 0.717) is 6.04 Å². The van der Waals surface area contributed by atoms with E-state index in [1.54, 1.807) is 6.20 Å². The number of carbonyl (C=O) groups excluding carboxylic acids is 1. The molecule has 3 rings (SSSR count). The van der Waals surface area contributed by atoms with Gasteiger partial charge in [-0.1, -0.05) is 11.6 Å². The van der Waals surface area contributed by atoms with E-state index in [9.17, 15) is 18.0 Å². The van der Waals surface area contributed by atoms with Crippen molar-refractivity contribution >= 4 is 17.4 Å². The lowest BCUT2D eigenvalue weighted by molar-refractivity contribution is -0.137. The van der Waals surface area contributed by atoms with Crippen LogP contribution in [-0.2, 0) is 6.18 Å². The van der Waals surface area contributed by atoms with Gasteiger partial charge < -0.3 is 9.80 Å². The highest BCUT2D eigenvalue weighted by Gasteiger charge is 2.33. The highest BCUT2D eigenvalue weighted by Crippen LogP contribution is 2.35. The average molecular weight is 387 g/mol. The van der Waals surface area contributed by atoms with Crippen molar-refractivity contribution in [3.63, 3.8) is 0 Å². The molecule has 0 bridgehead atoms. The molecule has 7 heteroatoms. The number of hydrogen-bond donors (Lipinski definition) is 0. The molecule has 0 N–H and O–H groups in total. The lowest BCUT2D eigenvalue weighted by atomic mass is 10.1. The molecule has 1 aromatic carbocycles. The molecule has 2 fully saturated rings. The monoisotopic (exact) mass is 386 g/mol. The van der Waals surface area contributed by atoms with Crippen molar-refractivity contribution in [2.45, 2.75) is 37.9 Å². The van der Waals surface area contributed by atoms with Crippen LogP contribution in [0.5, 0.6) is 0 Å². The zero-order chi connectivity index (χ0) is 18.7. The molecular weight excluding hydrogens is 365 g/mol. The highest BCUT2D eigenvalue weighted by atomic mass is 35.5. The minimum absolute atomic E-state index is 0.00624. The number of carbonyl (C=O) groups is 1. The van der Waals surface area contributed by atoms with Crippen molar-refractivity contribution in [3.05, 3.63) is 46.6 Å². The van der Waals surface area contributed by atoms with Crippen LogP contribution in [-0.4, -0.2) is 47.8 Å². The Kier molecular flexibility index (Phi) is 5.92. The Bertz CT molecular complexity index is 684. The van der Waals surface area contributed by atoms with Gasteiger partial charge in [0.1, 0.15) is 0 Å². The number of benzene rings is 1. The van der Waals surface area contributed by atoms with Crippen molar-refractivity contribution in [2.24, 2.45) is 0 Å². The molecule has 0 aliphatic carbocycles. The maximum atomic E-state index is 12.9. The first-order valence-corrected chi connectivity index (χ1v) is 9.30. The standard InChI is InChI=1S/C19H22ClF3N2O/c20-17-6-5-14(12-16(17)19(21,22)23)18(26)7-11-25-10-3-4-15(25)13-24-8-1-2-9-24/h5-7,11-12,15H,1-4,8-10,13H2/t15-/m0/s1. The van der Waals surface area contributed by atoms with Gasteiger partial charge in [-0.3, -0.25) is 4.79 Å². The summed E-state index contributed by atoms with van der Waals surface area (Å²) in [4.78, 5) is 16.9. The fourth-order valence-corrected chi connectivity index (χ4v) is 3.89. The first-order chi connectivity index (χ1) is 12.3. The van der Waals surface area contributed by atoms with Crippen LogP contribution in [0.15, 0.2) is 30.5 Å². The van der Waals surface area contributed by atoms with Gasteiger partial charge in [0.25, 0.3) is 0 Å². The van der Waals surface area contributed by atoms with Gasteiger partial charge in [0, 0.05) is 37.0 Å². The van der Waals surface area contributed by atoms with Crippen LogP contribution >= 0.6 is 11.6 Å². The fraction of sp³-hybridized carbons (Fsp3) is 0.526. The van der Waals surface area contributed by atoms with Gasteiger partial charge in [0.2, 0.25) is 0 Å². The molecule has 2 saturated heterocycles. The molecular formula is C19H22ClF3N2O. The Balaban J connectivity index is 1.67. The molecule has 26 heavy (non-hydrogen) atoms. The van der Waals surface area contributed by atoms with Gasteiger partial charge in [0.15, 0.2) is 5.78 Å². The number of alkyl halides is 3. The zero-order valence-electron chi connectivity index (χ0n) is 14.4. The Hall–Kier alpha value is -1.53. The van der Waals surface area contributed by atoms with Crippen LogP contribution in [0.4, 0.5) is 13.2 Å². The summed E-state index contributed by atoms with van der Waals surface area (Å²) in [6.45, 7) is 4.10. The third-order valence-corrected chi connectivity index (χ3v) is 5.39. The average Bonchev–Trinajstić information content (AvgIpc) is 3.24. The highest BCUT2D eigenvalue weighted by molar-refractivity contribution is 6.31. The van der Waals surface area contributed by atoms with Crippen molar-refractivity contribution in [1.82, 2.24) is 9.80 Å². The van der Waals surface area contributed by atoms with E-state index in [-0.39, 0.29) is 5.56 Å². The van der Waals surface area contributed by atoms with Gasteiger partial charge in [-0.05, 0) is 57.0 Å². The van der Waals surface area contributed by atoms with Crippen LogP contribution in [0.3, 0.4) is 0 Å². The van der Waals surface area contributed by atoms with E-state index in [4.69, 9.17) is 11.6 Å². The van der Waals surface area contributed by atoms with E-state index in [2.05, 4.69) is 9.80 Å². The van der Waals surface area contributed by atoms with Gasteiger partial charge in [-0.2, -0.15) is 13.2 Å². The molecule has 1 aromatic rings. The summed E-state index contributed by atoms with van der Waals surface area (Å²) in [6, 6.07) is 3.64. The largest absolute Gasteiger partial charge is 0.417 e. The molecule has 2 aliphatic rings. The van der Waals surface area contributed by atoms with E-state index >= 15 is 0 Å². The number of likely N-dealkylation sites (tertiary alicyclic amines) is 2. The predicted molar refractivity (Wildman–Crippen MR) is 95.3 cm³/mol. The normalized spacial score (nSPS) is 21.8. The third kappa shape index (κ3) is 4.60.